The molecule has 41 heavy (non-hydrogen) atoms. The van der Waals surface area contributed by atoms with E-state index in [1.54, 1.807) is 0 Å². The molecule has 0 radical (unpaired) electrons. The summed E-state index contributed by atoms with van der Waals surface area (Å²) < 4.78 is 2.13. The minimum Gasteiger partial charge on any atom is -0.319 e. The standard InChI is InChI=1S/C31H28N8OS/c40-30-27-26(31(36-35-30)41-23-11-5-2-6-12-23)32-29(22-9-3-1-4-10-22)39(27)19-20-15-17-21(18-16-20)24-13-7-8-14-25(24)28-33-37-38-34-28/h2,5-8,11-18,22H,1,3-4,9-10,19H2,(H,35,40)(H,33,34,37,38). The SMILES string of the molecule is O=c1[nH]nc(Sc2ccccc2)c2nc(C3CCCCC3)n(Cc3ccc(-c4ccccc4-c4nn[nH]n4)cc3)c12. The van der Waals surface area contributed by atoms with Crippen molar-refractivity contribution in [2.24, 2.45) is 0 Å². The highest BCUT2D eigenvalue weighted by Gasteiger charge is 2.26. The Hall–Kier alpha value is -4.57. The third-order valence-corrected chi connectivity index (χ3v) is 8.71. The zero-order valence-corrected chi connectivity index (χ0v) is 23.1. The summed E-state index contributed by atoms with van der Waals surface area (Å²) in [6.45, 7) is 0.553. The van der Waals surface area contributed by atoms with Crippen molar-refractivity contribution < 1.29 is 0 Å². The van der Waals surface area contributed by atoms with Gasteiger partial charge < -0.3 is 4.57 Å². The number of hydrogen-bond acceptors (Lipinski definition) is 7. The second kappa shape index (κ2) is 11.1. The Labute approximate surface area is 240 Å². The monoisotopic (exact) mass is 560 g/mol. The van der Waals surface area contributed by atoms with Crippen LogP contribution in [0.4, 0.5) is 0 Å². The van der Waals surface area contributed by atoms with Crippen molar-refractivity contribution in [2.75, 3.05) is 0 Å². The van der Waals surface area contributed by atoms with Crippen LogP contribution in [0.3, 0.4) is 0 Å². The molecule has 9 nitrogen and oxygen atoms in total. The number of benzene rings is 3. The first kappa shape index (κ1) is 25.4. The lowest BCUT2D eigenvalue weighted by Crippen LogP contribution is -2.17. The number of fused-ring (bicyclic) bond motifs is 1. The number of imidazole rings is 1. The van der Waals surface area contributed by atoms with Crippen LogP contribution in [0.15, 0.2) is 93.6 Å². The van der Waals surface area contributed by atoms with Crippen molar-refractivity contribution >= 4 is 22.8 Å². The molecule has 2 N–H and O–H groups in total. The van der Waals surface area contributed by atoms with E-state index in [0.717, 1.165) is 50.8 Å². The summed E-state index contributed by atoms with van der Waals surface area (Å²) in [4.78, 5) is 19.5. The van der Waals surface area contributed by atoms with Gasteiger partial charge in [0, 0.05) is 22.9 Å². The van der Waals surface area contributed by atoms with Crippen molar-refractivity contribution in [2.45, 2.75) is 54.5 Å². The maximum absolute atomic E-state index is 13.3. The molecule has 3 aromatic carbocycles. The molecule has 3 aromatic heterocycles. The molecule has 6 aromatic rings. The third kappa shape index (κ3) is 5.06. The fraction of sp³-hybridized carbons (Fsp3) is 0.226. The van der Waals surface area contributed by atoms with Crippen LogP contribution in [-0.4, -0.2) is 40.4 Å². The number of nitrogens with one attached hydrogen (secondary N) is 2. The van der Waals surface area contributed by atoms with Crippen molar-refractivity contribution in [3.8, 4) is 22.5 Å². The number of hydrogen-bond donors (Lipinski definition) is 2. The molecule has 3 heterocycles. The minimum atomic E-state index is -0.211. The maximum Gasteiger partial charge on any atom is 0.290 e. The van der Waals surface area contributed by atoms with E-state index in [0.29, 0.717) is 29.3 Å². The fourth-order valence-corrected chi connectivity index (χ4v) is 6.59. The first-order chi connectivity index (χ1) is 20.2. The van der Waals surface area contributed by atoms with Crippen molar-refractivity contribution in [1.29, 1.82) is 0 Å². The lowest BCUT2D eigenvalue weighted by molar-refractivity contribution is 0.420. The van der Waals surface area contributed by atoms with Gasteiger partial charge in [-0.05, 0) is 46.9 Å². The van der Waals surface area contributed by atoms with Crippen LogP contribution < -0.4 is 5.56 Å². The molecule has 7 rings (SSSR count). The normalized spacial score (nSPS) is 14.0. The zero-order valence-electron chi connectivity index (χ0n) is 22.3. The lowest BCUT2D eigenvalue weighted by atomic mass is 9.88. The number of tetrazole rings is 1. The number of rotatable bonds is 7. The van der Waals surface area contributed by atoms with Gasteiger partial charge in [-0.25, -0.2) is 10.1 Å². The van der Waals surface area contributed by atoms with E-state index in [1.807, 2.05) is 48.5 Å². The first-order valence-electron chi connectivity index (χ1n) is 13.9. The molecule has 1 fully saturated rings. The molecule has 0 saturated heterocycles. The van der Waals surface area contributed by atoms with Crippen LogP contribution in [0.5, 0.6) is 0 Å². The van der Waals surface area contributed by atoms with Gasteiger partial charge in [-0.3, -0.25) is 4.79 Å². The molecular weight excluding hydrogens is 532 g/mol. The first-order valence-corrected chi connectivity index (χ1v) is 14.7. The predicted molar refractivity (Wildman–Crippen MR) is 159 cm³/mol. The number of nitrogens with zero attached hydrogens (tertiary/aromatic N) is 6. The second-order valence-electron chi connectivity index (χ2n) is 10.3. The fourth-order valence-electron chi connectivity index (χ4n) is 5.74. The number of aromatic nitrogens is 8. The molecule has 10 heteroatoms. The van der Waals surface area contributed by atoms with E-state index in [-0.39, 0.29) is 5.56 Å². The van der Waals surface area contributed by atoms with Crippen molar-refractivity contribution in [3.63, 3.8) is 0 Å². The summed E-state index contributed by atoms with van der Waals surface area (Å²) >= 11 is 1.53. The van der Waals surface area contributed by atoms with Gasteiger partial charge in [0.05, 0.1) is 0 Å². The second-order valence-corrected chi connectivity index (χ2v) is 11.4. The van der Waals surface area contributed by atoms with Crippen LogP contribution >= 0.6 is 11.8 Å². The Morgan fingerprint density at radius 3 is 2.37 bits per heavy atom. The van der Waals surface area contributed by atoms with E-state index in [2.05, 4.69) is 65.7 Å². The third-order valence-electron chi connectivity index (χ3n) is 7.72. The highest BCUT2D eigenvalue weighted by Crippen LogP contribution is 2.37. The van der Waals surface area contributed by atoms with E-state index in [9.17, 15) is 4.79 Å². The topological polar surface area (TPSA) is 118 Å². The quantitative estimate of drug-likeness (QED) is 0.238. The van der Waals surface area contributed by atoms with Crippen LogP contribution in [0, 0.1) is 0 Å². The summed E-state index contributed by atoms with van der Waals surface area (Å²) in [5, 5.41) is 22.5. The predicted octanol–water partition coefficient (Wildman–Crippen LogP) is 6.21. The largest absolute Gasteiger partial charge is 0.319 e. The summed E-state index contributed by atoms with van der Waals surface area (Å²) in [5.41, 5.74) is 5.14. The average Bonchev–Trinajstić information content (AvgIpc) is 3.70. The average molecular weight is 561 g/mol. The zero-order chi connectivity index (χ0) is 27.6. The summed E-state index contributed by atoms with van der Waals surface area (Å²) in [5.74, 6) is 1.87. The lowest BCUT2D eigenvalue weighted by Gasteiger charge is -2.22. The van der Waals surface area contributed by atoms with Crippen LogP contribution in [0.1, 0.15) is 49.4 Å². The Balaban J connectivity index is 1.28. The molecule has 0 aliphatic heterocycles. The number of H-pyrrole nitrogens is 2. The van der Waals surface area contributed by atoms with Gasteiger partial charge in [0.2, 0.25) is 5.82 Å². The van der Waals surface area contributed by atoms with Crippen molar-refractivity contribution in [3.05, 3.63) is 101 Å². The molecule has 204 valence electrons. The Morgan fingerprint density at radius 2 is 1.61 bits per heavy atom. The molecule has 0 atom stereocenters. The van der Waals surface area contributed by atoms with Gasteiger partial charge in [-0.2, -0.15) is 10.3 Å². The van der Waals surface area contributed by atoms with Gasteiger partial charge in [0.25, 0.3) is 5.56 Å². The Morgan fingerprint density at radius 1 is 0.854 bits per heavy atom. The molecule has 0 bridgehead atoms. The number of aromatic amines is 2. The van der Waals surface area contributed by atoms with Gasteiger partial charge >= 0.3 is 0 Å². The molecule has 0 spiro atoms. The van der Waals surface area contributed by atoms with E-state index in [4.69, 9.17) is 4.98 Å². The molecule has 0 unspecified atom stereocenters. The smallest absolute Gasteiger partial charge is 0.290 e. The van der Waals surface area contributed by atoms with Crippen LogP contribution in [0.25, 0.3) is 33.5 Å². The summed E-state index contributed by atoms with van der Waals surface area (Å²) in [6.07, 6.45) is 5.79. The summed E-state index contributed by atoms with van der Waals surface area (Å²) in [7, 11) is 0. The van der Waals surface area contributed by atoms with E-state index >= 15 is 0 Å². The Bertz CT molecular complexity index is 1840. The van der Waals surface area contributed by atoms with Crippen LogP contribution in [-0.2, 0) is 6.54 Å². The van der Waals surface area contributed by atoms with Gasteiger partial charge in [-0.15, -0.1) is 10.2 Å². The molecule has 1 aliphatic rings. The molecule has 1 saturated carbocycles. The van der Waals surface area contributed by atoms with Crippen molar-refractivity contribution in [1.82, 2.24) is 40.4 Å². The molecule has 1 aliphatic carbocycles. The van der Waals surface area contributed by atoms with Gasteiger partial charge in [0.1, 0.15) is 21.9 Å². The highest BCUT2D eigenvalue weighted by molar-refractivity contribution is 7.99. The maximum atomic E-state index is 13.3. The van der Waals surface area contributed by atoms with E-state index < -0.39 is 0 Å². The molecular formula is C31H28N8OS. The van der Waals surface area contributed by atoms with Gasteiger partial charge in [-0.1, -0.05) is 97.8 Å². The Kier molecular flexibility index (Phi) is 6.90. The minimum absolute atomic E-state index is 0.211. The molecule has 0 amide bonds. The van der Waals surface area contributed by atoms with Crippen LogP contribution in [0.2, 0.25) is 0 Å². The summed E-state index contributed by atoms with van der Waals surface area (Å²) in [6, 6.07) is 26.6. The van der Waals surface area contributed by atoms with Gasteiger partial charge in [0.15, 0.2) is 0 Å². The highest BCUT2D eigenvalue weighted by atomic mass is 32.2. The van der Waals surface area contributed by atoms with E-state index in [1.165, 1.54) is 31.0 Å².